The monoisotopic (exact) mass is 385 g/mol. The van der Waals surface area contributed by atoms with Crippen molar-refractivity contribution in [2.24, 2.45) is 0 Å². The van der Waals surface area contributed by atoms with Crippen molar-refractivity contribution >= 4 is 23.2 Å². The first-order chi connectivity index (χ1) is 13.8. The molecule has 2 aliphatic rings. The molecule has 2 aromatic heterocycles. The summed E-state index contributed by atoms with van der Waals surface area (Å²) in [6.45, 7) is 7.15. The normalized spacial score (nSPS) is 17.6. The number of carbonyl (C=O) groups is 1. The smallest absolute Gasteiger partial charge is 0.323 e. The Kier molecular flexibility index (Phi) is 6.03. The summed E-state index contributed by atoms with van der Waals surface area (Å²) < 4.78 is 7.22. The fourth-order valence-electron chi connectivity index (χ4n) is 3.58. The highest BCUT2D eigenvalue weighted by Gasteiger charge is 2.18. The van der Waals surface area contributed by atoms with E-state index in [2.05, 4.69) is 30.5 Å². The molecule has 4 rings (SSSR count). The van der Waals surface area contributed by atoms with Gasteiger partial charge in [0, 0.05) is 45.1 Å². The number of nitrogens with one attached hydrogen (secondary N) is 2. The predicted octanol–water partition coefficient (Wildman–Crippen LogP) is 1.85. The number of hydrogen-bond acceptors (Lipinski definition) is 6. The number of aromatic nitrogens is 3. The van der Waals surface area contributed by atoms with Crippen LogP contribution in [-0.4, -0.2) is 71.6 Å². The molecule has 0 aromatic carbocycles. The van der Waals surface area contributed by atoms with E-state index in [1.807, 2.05) is 23.0 Å². The summed E-state index contributed by atoms with van der Waals surface area (Å²) >= 11 is 0. The minimum atomic E-state index is -0.291. The van der Waals surface area contributed by atoms with Gasteiger partial charge in [0.1, 0.15) is 0 Å². The topological polar surface area (TPSA) is 87.5 Å². The number of anilines is 3. The third-order valence-corrected chi connectivity index (χ3v) is 5.08. The van der Waals surface area contributed by atoms with Crippen molar-refractivity contribution < 1.29 is 9.53 Å². The minimum Gasteiger partial charge on any atom is -0.379 e. The fraction of sp³-hybridized carbons (Fsp3) is 0.526. The Morgan fingerprint density at radius 2 is 1.93 bits per heavy atom. The van der Waals surface area contributed by atoms with Gasteiger partial charge < -0.3 is 20.3 Å². The van der Waals surface area contributed by atoms with E-state index in [-0.39, 0.29) is 6.03 Å². The summed E-state index contributed by atoms with van der Waals surface area (Å²) in [6.07, 6.45) is 7.60. The molecular weight excluding hydrogens is 358 g/mol. The zero-order chi connectivity index (χ0) is 19.2. The molecule has 9 nitrogen and oxygen atoms in total. The summed E-state index contributed by atoms with van der Waals surface area (Å²) in [5, 5.41) is 10.1. The molecule has 2 amide bonds. The van der Waals surface area contributed by atoms with Crippen LogP contribution in [0.5, 0.6) is 0 Å². The van der Waals surface area contributed by atoms with E-state index in [0.29, 0.717) is 5.69 Å². The summed E-state index contributed by atoms with van der Waals surface area (Å²) in [4.78, 5) is 21.4. The van der Waals surface area contributed by atoms with Crippen molar-refractivity contribution in [1.29, 1.82) is 0 Å². The second-order valence-electron chi connectivity index (χ2n) is 7.09. The Morgan fingerprint density at radius 1 is 1.11 bits per heavy atom. The van der Waals surface area contributed by atoms with E-state index in [0.717, 1.165) is 76.8 Å². The Hall–Kier alpha value is -2.65. The number of hydrogen-bond donors (Lipinski definition) is 2. The molecule has 9 heteroatoms. The van der Waals surface area contributed by atoms with Crippen molar-refractivity contribution in [1.82, 2.24) is 19.7 Å². The maximum atomic E-state index is 12.4. The van der Waals surface area contributed by atoms with Crippen LogP contribution in [0.4, 0.5) is 22.0 Å². The van der Waals surface area contributed by atoms with E-state index >= 15 is 0 Å². The molecule has 0 unspecified atom stereocenters. The number of pyridine rings is 1. The molecule has 2 N–H and O–H groups in total. The van der Waals surface area contributed by atoms with Gasteiger partial charge in [-0.1, -0.05) is 0 Å². The quantitative estimate of drug-likeness (QED) is 0.789. The highest BCUT2D eigenvalue weighted by molar-refractivity contribution is 6.01. The van der Waals surface area contributed by atoms with Gasteiger partial charge in [0.15, 0.2) is 5.82 Å². The molecule has 0 saturated carbocycles. The molecule has 0 atom stereocenters. The van der Waals surface area contributed by atoms with Gasteiger partial charge >= 0.3 is 6.03 Å². The molecule has 0 aliphatic carbocycles. The standard InChI is InChI=1S/C19H27N7O2/c27-19(23-17-4-3-5-20-18(17)25-6-1-2-7-25)22-16-14-21-26(15-16)9-8-24-10-12-28-13-11-24/h3-5,14-15H,1-2,6-13H2,(H2,22,23,27). The molecule has 2 fully saturated rings. The Morgan fingerprint density at radius 3 is 2.75 bits per heavy atom. The van der Waals surface area contributed by atoms with Crippen LogP contribution in [-0.2, 0) is 11.3 Å². The average Bonchev–Trinajstić information content (AvgIpc) is 3.40. The van der Waals surface area contributed by atoms with Gasteiger partial charge in [-0.05, 0) is 25.0 Å². The number of nitrogens with zero attached hydrogens (tertiary/aromatic N) is 5. The van der Waals surface area contributed by atoms with Crippen LogP contribution in [0.1, 0.15) is 12.8 Å². The number of urea groups is 1. The van der Waals surface area contributed by atoms with Gasteiger partial charge in [0.2, 0.25) is 0 Å². The van der Waals surface area contributed by atoms with E-state index < -0.39 is 0 Å². The summed E-state index contributed by atoms with van der Waals surface area (Å²) in [5.74, 6) is 0.830. The largest absolute Gasteiger partial charge is 0.379 e. The van der Waals surface area contributed by atoms with E-state index in [1.165, 1.54) is 0 Å². The highest BCUT2D eigenvalue weighted by Crippen LogP contribution is 2.26. The Bertz CT molecular complexity index is 782. The first-order valence-corrected chi connectivity index (χ1v) is 9.88. The van der Waals surface area contributed by atoms with Gasteiger partial charge in [-0.3, -0.25) is 9.58 Å². The highest BCUT2D eigenvalue weighted by atomic mass is 16.5. The molecule has 0 spiro atoms. The fourth-order valence-corrected chi connectivity index (χ4v) is 3.58. The lowest BCUT2D eigenvalue weighted by molar-refractivity contribution is 0.0360. The van der Waals surface area contributed by atoms with Crippen molar-refractivity contribution in [2.45, 2.75) is 19.4 Å². The molecule has 2 aromatic rings. The van der Waals surface area contributed by atoms with Gasteiger partial charge in [-0.15, -0.1) is 0 Å². The summed E-state index contributed by atoms with van der Waals surface area (Å²) in [6, 6.07) is 3.42. The SMILES string of the molecule is O=C(Nc1cnn(CCN2CCOCC2)c1)Nc1cccnc1N1CCCC1. The summed E-state index contributed by atoms with van der Waals surface area (Å²) in [7, 11) is 0. The first kappa shape index (κ1) is 18.7. The maximum Gasteiger partial charge on any atom is 0.323 e. The molecular formula is C19H27N7O2. The molecule has 2 saturated heterocycles. The van der Waals surface area contributed by atoms with Crippen LogP contribution in [0, 0.1) is 0 Å². The maximum absolute atomic E-state index is 12.4. The van der Waals surface area contributed by atoms with Gasteiger partial charge in [0.25, 0.3) is 0 Å². The Balaban J connectivity index is 1.30. The van der Waals surface area contributed by atoms with Crippen LogP contribution in [0.2, 0.25) is 0 Å². The van der Waals surface area contributed by atoms with Gasteiger partial charge in [-0.2, -0.15) is 5.10 Å². The number of amides is 2. The van der Waals surface area contributed by atoms with Crippen molar-refractivity contribution in [3.05, 3.63) is 30.7 Å². The molecule has 150 valence electrons. The lowest BCUT2D eigenvalue weighted by atomic mass is 10.3. The van der Waals surface area contributed by atoms with Crippen LogP contribution in [0.15, 0.2) is 30.7 Å². The molecule has 2 aliphatic heterocycles. The number of rotatable bonds is 6. The predicted molar refractivity (Wildman–Crippen MR) is 108 cm³/mol. The van der Waals surface area contributed by atoms with Crippen LogP contribution in [0.3, 0.4) is 0 Å². The second kappa shape index (κ2) is 9.03. The molecule has 4 heterocycles. The number of ether oxygens (including phenoxy) is 1. The summed E-state index contributed by atoms with van der Waals surface area (Å²) in [5.41, 5.74) is 1.40. The van der Waals surface area contributed by atoms with Gasteiger partial charge in [0.05, 0.1) is 37.3 Å². The van der Waals surface area contributed by atoms with Crippen molar-refractivity contribution in [2.75, 3.05) is 61.5 Å². The molecule has 0 bridgehead atoms. The molecule has 0 radical (unpaired) electrons. The van der Waals surface area contributed by atoms with Crippen molar-refractivity contribution in [3.63, 3.8) is 0 Å². The van der Waals surface area contributed by atoms with E-state index in [4.69, 9.17) is 4.74 Å². The third-order valence-electron chi connectivity index (χ3n) is 5.08. The average molecular weight is 385 g/mol. The number of morpholine rings is 1. The first-order valence-electron chi connectivity index (χ1n) is 9.88. The second-order valence-corrected chi connectivity index (χ2v) is 7.09. The lowest BCUT2D eigenvalue weighted by Gasteiger charge is -2.26. The molecule has 28 heavy (non-hydrogen) atoms. The minimum absolute atomic E-state index is 0.291. The zero-order valence-corrected chi connectivity index (χ0v) is 16.0. The van der Waals surface area contributed by atoms with Crippen LogP contribution < -0.4 is 15.5 Å². The number of carbonyl (C=O) groups excluding carboxylic acids is 1. The van der Waals surface area contributed by atoms with Crippen LogP contribution >= 0.6 is 0 Å². The van der Waals surface area contributed by atoms with Crippen LogP contribution in [0.25, 0.3) is 0 Å². The lowest BCUT2D eigenvalue weighted by Crippen LogP contribution is -2.38. The zero-order valence-electron chi connectivity index (χ0n) is 16.0. The van der Waals surface area contributed by atoms with Gasteiger partial charge in [-0.25, -0.2) is 9.78 Å². The Labute approximate surface area is 164 Å². The third kappa shape index (κ3) is 4.79. The van der Waals surface area contributed by atoms with Crippen molar-refractivity contribution in [3.8, 4) is 0 Å². The van der Waals surface area contributed by atoms with E-state index in [9.17, 15) is 4.79 Å². The van der Waals surface area contributed by atoms with E-state index in [1.54, 1.807) is 12.4 Å².